The van der Waals surface area contributed by atoms with E-state index in [1.54, 1.807) is 0 Å². The third-order valence-electron chi connectivity index (χ3n) is 3.87. The molecule has 2 atom stereocenters. The topological polar surface area (TPSA) is 44.7 Å². The highest BCUT2D eigenvalue weighted by atomic mass is 16.5. The number of hydrogen-bond donors (Lipinski definition) is 2. The highest BCUT2D eigenvalue weighted by molar-refractivity contribution is 5.56. The molecular weight excluding hydrogens is 252 g/mol. The standard InChI is InChI=1S/C16H26N2O2/c1-3-20-12-13(19)11-18-10-6-8-15(17-2)14-7-4-5-9-16(14)18/h4-5,7,9,13,15,17,19H,3,6,8,10-12H2,1-2H3. The molecule has 4 heteroatoms. The van der Waals surface area contributed by atoms with E-state index >= 15 is 0 Å². The molecule has 1 aliphatic rings. The third-order valence-corrected chi connectivity index (χ3v) is 3.87. The molecule has 20 heavy (non-hydrogen) atoms. The van der Waals surface area contributed by atoms with E-state index in [1.165, 1.54) is 11.3 Å². The highest BCUT2D eigenvalue weighted by Gasteiger charge is 2.22. The largest absolute Gasteiger partial charge is 0.389 e. The number of aliphatic hydroxyl groups is 1. The summed E-state index contributed by atoms with van der Waals surface area (Å²) in [7, 11) is 2.01. The van der Waals surface area contributed by atoms with Gasteiger partial charge < -0.3 is 20.1 Å². The third kappa shape index (κ3) is 3.72. The molecule has 0 saturated heterocycles. The van der Waals surface area contributed by atoms with E-state index in [9.17, 15) is 5.11 Å². The van der Waals surface area contributed by atoms with Crippen LogP contribution >= 0.6 is 0 Å². The average molecular weight is 278 g/mol. The van der Waals surface area contributed by atoms with E-state index in [4.69, 9.17) is 4.74 Å². The molecule has 2 rings (SSSR count). The molecule has 1 aliphatic heterocycles. The lowest BCUT2D eigenvalue weighted by atomic mass is 10.0. The number of aliphatic hydroxyl groups excluding tert-OH is 1. The van der Waals surface area contributed by atoms with Crippen LogP contribution in [0.3, 0.4) is 0 Å². The van der Waals surface area contributed by atoms with E-state index in [0.29, 0.717) is 25.8 Å². The number of ether oxygens (including phenoxy) is 1. The van der Waals surface area contributed by atoms with E-state index in [-0.39, 0.29) is 0 Å². The zero-order valence-electron chi connectivity index (χ0n) is 12.5. The van der Waals surface area contributed by atoms with Gasteiger partial charge in [-0.3, -0.25) is 0 Å². The molecule has 0 saturated carbocycles. The van der Waals surface area contributed by atoms with Crippen LogP contribution in [-0.4, -0.2) is 44.6 Å². The van der Waals surface area contributed by atoms with Crippen molar-refractivity contribution in [3.63, 3.8) is 0 Å². The molecule has 0 aliphatic carbocycles. The molecule has 2 N–H and O–H groups in total. The maximum atomic E-state index is 10.1. The summed E-state index contributed by atoms with van der Waals surface area (Å²) in [6.45, 7) is 4.62. The van der Waals surface area contributed by atoms with Crippen LogP contribution < -0.4 is 10.2 Å². The molecular formula is C16H26N2O2. The van der Waals surface area contributed by atoms with Gasteiger partial charge in [-0.1, -0.05) is 18.2 Å². The van der Waals surface area contributed by atoms with Gasteiger partial charge in [-0.25, -0.2) is 0 Å². The Bertz CT molecular complexity index is 411. The summed E-state index contributed by atoms with van der Waals surface area (Å²) in [6, 6.07) is 8.89. The second-order valence-corrected chi connectivity index (χ2v) is 5.30. The number of nitrogens with one attached hydrogen (secondary N) is 1. The van der Waals surface area contributed by atoms with Crippen molar-refractivity contribution in [2.75, 3.05) is 38.3 Å². The molecule has 0 fully saturated rings. The lowest BCUT2D eigenvalue weighted by molar-refractivity contribution is 0.0463. The van der Waals surface area contributed by atoms with Gasteiger partial charge in [-0.2, -0.15) is 0 Å². The lowest BCUT2D eigenvalue weighted by Gasteiger charge is -2.28. The fourth-order valence-corrected chi connectivity index (χ4v) is 2.88. The summed E-state index contributed by atoms with van der Waals surface area (Å²) in [4.78, 5) is 2.29. The van der Waals surface area contributed by atoms with Crippen molar-refractivity contribution in [2.45, 2.75) is 31.9 Å². The number of fused-ring (bicyclic) bond motifs is 1. The number of anilines is 1. The van der Waals surface area contributed by atoms with Crippen LogP contribution in [0, 0.1) is 0 Å². The Labute approximate surface area is 121 Å². The van der Waals surface area contributed by atoms with Gasteiger partial charge in [0.25, 0.3) is 0 Å². The molecule has 4 nitrogen and oxygen atoms in total. The van der Waals surface area contributed by atoms with Crippen LogP contribution in [0.2, 0.25) is 0 Å². The van der Waals surface area contributed by atoms with E-state index in [2.05, 4.69) is 34.5 Å². The maximum Gasteiger partial charge on any atom is 0.0947 e. The summed E-state index contributed by atoms with van der Waals surface area (Å²) in [5, 5.41) is 13.5. The normalized spacial score (nSPS) is 20.4. The van der Waals surface area contributed by atoms with Crippen molar-refractivity contribution in [3.8, 4) is 0 Å². The monoisotopic (exact) mass is 278 g/mol. The zero-order chi connectivity index (χ0) is 14.4. The predicted octanol–water partition coefficient (Wildman–Crippen LogP) is 1.94. The first-order valence-electron chi connectivity index (χ1n) is 7.53. The van der Waals surface area contributed by atoms with Crippen LogP contribution in [0.5, 0.6) is 0 Å². The Morgan fingerprint density at radius 1 is 1.45 bits per heavy atom. The molecule has 0 radical (unpaired) electrons. The lowest BCUT2D eigenvalue weighted by Crippen LogP contribution is -2.35. The fourth-order valence-electron chi connectivity index (χ4n) is 2.88. The van der Waals surface area contributed by atoms with Gasteiger partial charge in [-0.15, -0.1) is 0 Å². The number of β-amino-alcohol motifs (C(OH)–C–C–N with tert-alkyl or cyclic N) is 1. The number of nitrogens with zero attached hydrogens (tertiary/aromatic N) is 1. The van der Waals surface area contributed by atoms with Crippen LogP contribution in [0.25, 0.3) is 0 Å². The first kappa shape index (κ1) is 15.3. The Hall–Kier alpha value is -1.10. The molecule has 0 spiro atoms. The van der Waals surface area contributed by atoms with Crippen molar-refractivity contribution in [2.24, 2.45) is 0 Å². The van der Waals surface area contributed by atoms with Gasteiger partial charge in [-0.05, 0) is 38.4 Å². The Morgan fingerprint density at radius 3 is 3.00 bits per heavy atom. The molecule has 1 aromatic rings. The summed E-state index contributed by atoms with van der Waals surface area (Å²) in [5.41, 5.74) is 2.57. The molecule has 0 bridgehead atoms. The van der Waals surface area contributed by atoms with Crippen molar-refractivity contribution in [1.82, 2.24) is 5.32 Å². The second kappa shape index (κ2) is 7.62. The van der Waals surface area contributed by atoms with Gasteiger partial charge in [0.15, 0.2) is 0 Å². The minimum Gasteiger partial charge on any atom is -0.389 e. The SMILES string of the molecule is CCOCC(O)CN1CCCC(NC)c2ccccc21. The number of hydrogen-bond acceptors (Lipinski definition) is 4. The van der Waals surface area contributed by atoms with Crippen LogP contribution in [0.4, 0.5) is 5.69 Å². The summed E-state index contributed by atoms with van der Waals surface area (Å²) in [5.74, 6) is 0. The maximum absolute atomic E-state index is 10.1. The molecule has 112 valence electrons. The number of rotatable bonds is 6. The molecule has 1 aromatic carbocycles. The average Bonchev–Trinajstić information content (AvgIpc) is 2.65. The summed E-state index contributed by atoms with van der Waals surface area (Å²) >= 11 is 0. The minimum absolute atomic E-state index is 0.403. The first-order chi connectivity index (χ1) is 9.76. The van der Waals surface area contributed by atoms with Crippen molar-refractivity contribution >= 4 is 5.69 Å². The number of benzene rings is 1. The highest BCUT2D eigenvalue weighted by Crippen LogP contribution is 2.32. The van der Waals surface area contributed by atoms with Gasteiger partial charge >= 0.3 is 0 Å². The Morgan fingerprint density at radius 2 is 2.25 bits per heavy atom. The van der Waals surface area contributed by atoms with Crippen LogP contribution in [-0.2, 0) is 4.74 Å². The number of para-hydroxylation sites is 1. The summed E-state index contributed by atoms with van der Waals surface area (Å²) < 4.78 is 5.31. The van der Waals surface area contributed by atoms with Gasteiger partial charge in [0.1, 0.15) is 0 Å². The van der Waals surface area contributed by atoms with Gasteiger partial charge in [0, 0.05) is 31.4 Å². The van der Waals surface area contributed by atoms with Crippen molar-refractivity contribution < 1.29 is 9.84 Å². The molecule has 0 amide bonds. The van der Waals surface area contributed by atoms with Crippen molar-refractivity contribution in [3.05, 3.63) is 29.8 Å². The van der Waals surface area contributed by atoms with Gasteiger partial charge in [0.05, 0.1) is 12.7 Å². The quantitative estimate of drug-likeness (QED) is 0.835. The molecule has 1 heterocycles. The second-order valence-electron chi connectivity index (χ2n) is 5.30. The molecule has 2 unspecified atom stereocenters. The minimum atomic E-state index is -0.436. The predicted molar refractivity (Wildman–Crippen MR) is 82.2 cm³/mol. The van der Waals surface area contributed by atoms with Crippen LogP contribution in [0.1, 0.15) is 31.4 Å². The van der Waals surface area contributed by atoms with Gasteiger partial charge in [0.2, 0.25) is 0 Å². The fraction of sp³-hybridized carbons (Fsp3) is 0.625. The van der Waals surface area contributed by atoms with Crippen molar-refractivity contribution in [1.29, 1.82) is 0 Å². The molecule has 0 aromatic heterocycles. The summed E-state index contributed by atoms with van der Waals surface area (Å²) in [6.07, 6.45) is 1.82. The van der Waals surface area contributed by atoms with E-state index < -0.39 is 6.10 Å². The van der Waals surface area contributed by atoms with E-state index in [1.807, 2.05) is 14.0 Å². The Balaban J connectivity index is 2.13. The van der Waals surface area contributed by atoms with Crippen LogP contribution in [0.15, 0.2) is 24.3 Å². The zero-order valence-corrected chi connectivity index (χ0v) is 12.5. The smallest absolute Gasteiger partial charge is 0.0947 e. The Kier molecular flexibility index (Phi) is 5.83. The van der Waals surface area contributed by atoms with E-state index in [0.717, 1.165) is 19.4 Å². The first-order valence-corrected chi connectivity index (χ1v) is 7.53.